The Hall–Kier alpha value is -3.10. The fraction of sp³-hybridized carbons (Fsp3) is 0.333. The standard InChI is InChI=1S/C15H19N3O6/c1-4-23-14(19)10-13(15(20)24-5-2)16-17(3)11-6-8-12(9-7-11)18(21)22/h6-10,16H,4-5H2,1-3H3/b13-10-. The van der Waals surface area contributed by atoms with E-state index in [0.29, 0.717) is 5.69 Å². The second-order valence-electron chi connectivity index (χ2n) is 4.47. The van der Waals surface area contributed by atoms with Crippen molar-refractivity contribution in [2.24, 2.45) is 0 Å². The van der Waals surface area contributed by atoms with Crippen LogP contribution < -0.4 is 10.4 Å². The van der Waals surface area contributed by atoms with Crippen LogP contribution in [0.5, 0.6) is 0 Å². The Balaban J connectivity index is 2.93. The molecule has 1 rings (SSSR count). The van der Waals surface area contributed by atoms with Crippen LogP contribution in [0, 0.1) is 10.1 Å². The number of anilines is 1. The van der Waals surface area contributed by atoms with Crippen LogP contribution in [0.2, 0.25) is 0 Å². The van der Waals surface area contributed by atoms with Crippen LogP contribution in [-0.2, 0) is 19.1 Å². The van der Waals surface area contributed by atoms with Crippen LogP contribution in [0.25, 0.3) is 0 Å². The van der Waals surface area contributed by atoms with Gasteiger partial charge in [0.1, 0.15) is 5.70 Å². The molecule has 0 saturated heterocycles. The Bertz CT molecular complexity index is 627. The first-order valence-corrected chi connectivity index (χ1v) is 7.19. The number of nitro benzene ring substituents is 1. The molecule has 0 unspecified atom stereocenters. The highest BCUT2D eigenvalue weighted by Crippen LogP contribution is 2.17. The number of hydrazine groups is 1. The molecule has 1 aromatic rings. The number of non-ortho nitro benzene ring substituents is 1. The highest BCUT2D eigenvalue weighted by atomic mass is 16.6. The molecule has 1 aromatic carbocycles. The predicted molar refractivity (Wildman–Crippen MR) is 86.0 cm³/mol. The van der Waals surface area contributed by atoms with E-state index in [1.165, 1.54) is 29.3 Å². The molecule has 0 aromatic heterocycles. The van der Waals surface area contributed by atoms with E-state index in [4.69, 9.17) is 9.47 Å². The fourth-order valence-electron chi connectivity index (χ4n) is 1.69. The number of rotatable bonds is 8. The highest BCUT2D eigenvalue weighted by molar-refractivity contribution is 5.96. The molecule has 24 heavy (non-hydrogen) atoms. The maximum absolute atomic E-state index is 11.9. The van der Waals surface area contributed by atoms with Crippen LogP contribution in [0.15, 0.2) is 36.0 Å². The zero-order chi connectivity index (χ0) is 18.1. The Morgan fingerprint density at radius 3 is 2.29 bits per heavy atom. The third-order valence-electron chi connectivity index (χ3n) is 2.78. The van der Waals surface area contributed by atoms with Crippen LogP contribution >= 0.6 is 0 Å². The van der Waals surface area contributed by atoms with E-state index in [-0.39, 0.29) is 24.6 Å². The molecule has 0 fully saturated rings. The molecule has 0 atom stereocenters. The van der Waals surface area contributed by atoms with E-state index >= 15 is 0 Å². The van der Waals surface area contributed by atoms with Gasteiger partial charge in [-0.2, -0.15) is 0 Å². The first kappa shape index (κ1) is 18.9. The molecule has 0 saturated carbocycles. The average Bonchev–Trinajstić information content (AvgIpc) is 2.54. The summed E-state index contributed by atoms with van der Waals surface area (Å²) in [6.45, 7) is 3.59. The molecule has 0 heterocycles. The first-order chi connectivity index (χ1) is 11.4. The van der Waals surface area contributed by atoms with Crippen molar-refractivity contribution in [2.75, 3.05) is 25.3 Å². The molecule has 0 aliphatic rings. The van der Waals surface area contributed by atoms with Crippen molar-refractivity contribution in [3.8, 4) is 0 Å². The van der Waals surface area contributed by atoms with Crippen molar-refractivity contribution < 1.29 is 24.0 Å². The lowest BCUT2D eigenvalue weighted by atomic mass is 10.3. The average molecular weight is 337 g/mol. The Morgan fingerprint density at radius 1 is 1.21 bits per heavy atom. The molecular formula is C15H19N3O6. The minimum absolute atomic E-state index is 0.0557. The number of nitrogens with zero attached hydrogens (tertiary/aromatic N) is 2. The highest BCUT2D eigenvalue weighted by Gasteiger charge is 2.16. The third kappa shape index (κ3) is 5.59. The minimum atomic E-state index is -0.723. The second-order valence-corrected chi connectivity index (χ2v) is 4.47. The molecule has 0 bridgehead atoms. The number of nitrogens with one attached hydrogen (secondary N) is 1. The minimum Gasteiger partial charge on any atom is -0.463 e. The molecular weight excluding hydrogens is 318 g/mol. The van der Waals surface area contributed by atoms with E-state index in [9.17, 15) is 19.7 Å². The molecule has 0 aliphatic heterocycles. The van der Waals surface area contributed by atoms with Gasteiger partial charge in [-0.15, -0.1) is 0 Å². The number of esters is 2. The fourth-order valence-corrected chi connectivity index (χ4v) is 1.69. The third-order valence-corrected chi connectivity index (χ3v) is 2.78. The summed E-state index contributed by atoms with van der Waals surface area (Å²) >= 11 is 0. The maximum atomic E-state index is 11.9. The van der Waals surface area contributed by atoms with Crippen LogP contribution in [0.1, 0.15) is 13.8 Å². The van der Waals surface area contributed by atoms with Gasteiger partial charge in [0.2, 0.25) is 0 Å². The monoisotopic (exact) mass is 337 g/mol. The first-order valence-electron chi connectivity index (χ1n) is 7.19. The number of hydrogen-bond acceptors (Lipinski definition) is 8. The lowest BCUT2D eigenvalue weighted by Gasteiger charge is -2.22. The molecule has 130 valence electrons. The van der Waals surface area contributed by atoms with E-state index in [2.05, 4.69) is 5.43 Å². The number of ether oxygens (including phenoxy) is 2. The SMILES string of the molecule is CCOC(=O)/C=C(\NN(C)c1ccc([N+](=O)[O-])cc1)C(=O)OCC. The van der Waals surface area contributed by atoms with E-state index in [0.717, 1.165) is 6.08 Å². The van der Waals surface area contributed by atoms with Crippen molar-refractivity contribution in [3.63, 3.8) is 0 Å². The Morgan fingerprint density at radius 2 is 1.79 bits per heavy atom. The van der Waals surface area contributed by atoms with Gasteiger partial charge in [0.25, 0.3) is 5.69 Å². The Labute approximate surface area is 139 Å². The van der Waals surface area contributed by atoms with Crippen molar-refractivity contribution >= 4 is 23.3 Å². The largest absolute Gasteiger partial charge is 0.463 e. The number of carbonyl (C=O) groups excluding carboxylic acids is 2. The van der Waals surface area contributed by atoms with Crippen molar-refractivity contribution in [1.29, 1.82) is 0 Å². The summed E-state index contributed by atoms with van der Waals surface area (Å²) in [4.78, 5) is 33.6. The van der Waals surface area contributed by atoms with Gasteiger partial charge in [-0.3, -0.25) is 20.5 Å². The quantitative estimate of drug-likeness (QED) is 0.329. The van der Waals surface area contributed by atoms with Crippen molar-refractivity contribution in [2.45, 2.75) is 13.8 Å². The molecule has 9 nitrogen and oxygen atoms in total. The maximum Gasteiger partial charge on any atom is 0.356 e. The van der Waals surface area contributed by atoms with Crippen LogP contribution in [-0.4, -0.2) is 37.1 Å². The zero-order valence-electron chi connectivity index (χ0n) is 13.6. The van der Waals surface area contributed by atoms with Gasteiger partial charge in [-0.1, -0.05) is 0 Å². The topological polar surface area (TPSA) is 111 Å². The number of nitro groups is 1. The van der Waals surface area contributed by atoms with Gasteiger partial charge < -0.3 is 9.47 Å². The lowest BCUT2D eigenvalue weighted by molar-refractivity contribution is -0.384. The van der Waals surface area contributed by atoms with E-state index in [1.54, 1.807) is 20.9 Å². The summed E-state index contributed by atoms with van der Waals surface area (Å²) in [6, 6.07) is 5.65. The van der Waals surface area contributed by atoms with Gasteiger partial charge in [0, 0.05) is 19.2 Å². The zero-order valence-corrected chi connectivity index (χ0v) is 13.6. The van der Waals surface area contributed by atoms with Gasteiger partial charge >= 0.3 is 11.9 Å². The van der Waals surface area contributed by atoms with Crippen molar-refractivity contribution in [3.05, 3.63) is 46.2 Å². The van der Waals surface area contributed by atoms with Gasteiger partial charge in [0.15, 0.2) is 0 Å². The molecule has 0 radical (unpaired) electrons. The number of carbonyl (C=O) groups is 2. The van der Waals surface area contributed by atoms with Gasteiger partial charge in [-0.25, -0.2) is 9.59 Å². The van der Waals surface area contributed by atoms with Crippen molar-refractivity contribution in [1.82, 2.24) is 5.43 Å². The Kier molecular flexibility index (Phi) is 7.21. The number of benzene rings is 1. The van der Waals surface area contributed by atoms with E-state index < -0.39 is 16.9 Å². The molecule has 0 aliphatic carbocycles. The summed E-state index contributed by atoms with van der Waals surface area (Å²) in [6.07, 6.45) is 0.989. The molecule has 9 heteroatoms. The van der Waals surface area contributed by atoms with Gasteiger partial charge in [0.05, 0.1) is 29.9 Å². The summed E-state index contributed by atoms with van der Waals surface area (Å²) < 4.78 is 9.65. The summed E-state index contributed by atoms with van der Waals surface area (Å²) in [5.74, 6) is -1.41. The second kappa shape index (κ2) is 9.13. The summed E-state index contributed by atoms with van der Waals surface area (Å²) in [5, 5.41) is 12.1. The predicted octanol–water partition coefficient (Wildman–Crippen LogP) is 1.55. The summed E-state index contributed by atoms with van der Waals surface area (Å²) in [5.41, 5.74) is 3.08. The molecule has 1 N–H and O–H groups in total. The molecule has 0 amide bonds. The lowest BCUT2D eigenvalue weighted by Crippen LogP contribution is -2.37. The van der Waals surface area contributed by atoms with Crippen LogP contribution in [0.4, 0.5) is 11.4 Å². The smallest absolute Gasteiger partial charge is 0.356 e. The number of hydrogen-bond donors (Lipinski definition) is 1. The normalized spacial score (nSPS) is 10.7. The van der Waals surface area contributed by atoms with Crippen LogP contribution in [0.3, 0.4) is 0 Å². The molecule has 0 spiro atoms. The van der Waals surface area contributed by atoms with Gasteiger partial charge in [-0.05, 0) is 26.0 Å². The van der Waals surface area contributed by atoms with E-state index in [1.807, 2.05) is 0 Å². The summed E-state index contributed by atoms with van der Waals surface area (Å²) in [7, 11) is 1.58.